The van der Waals surface area contributed by atoms with Gasteiger partial charge in [0.25, 0.3) is 5.91 Å². The van der Waals surface area contributed by atoms with Crippen LogP contribution in [0.3, 0.4) is 0 Å². The molecule has 2 aromatic rings. The van der Waals surface area contributed by atoms with Crippen LogP contribution in [-0.2, 0) is 0 Å². The number of nitrogens with zero attached hydrogens (tertiary/aromatic N) is 3. The molecule has 0 radical (unpaired) electrons. The fourth-order valence-electron chi connectivity index (χ4n) is 3.23. The second-order valence-corrected chi connectivity index (χ2v) is 7.04. The summed E-state index contributed by atoms with van der Waals surface area (Å²) >= 11 is 0. The molecule has 2 aliphatic rings. The van der Waals surface area contributed by atoms with E-state index in [4.69, 9.17) is 9.26 Å². The molecule has 6 heteroatoms. The van der Waals surface area contributed by atoms with Crippen molar-refractivity contribution in [1.29, 1.82) is 0 Å². The van der Waals surface area contributed by atoms with Crippen LogP contribution in [0, 0.1) is 12.8 Å². The summed E-state index contributed by atoms with van der Waals surface area (Å²) in [5.41, 5.74) is 0.698. The molecule has 1 aromatic carbocycles. The Bertz CT molecular complexity index is 737. The summed E-state index contributed by atoms with van der Waals surface area (Å²) < 4.78 is 10.8. The van der Waals surface area contributed by atoms with Crippen molar-refractivity contribution < 1.29 is 14.1 Å². The molecule has 1 saturated heterocycles. The average Bonchev–Trinajstić information content (AvgIpc) is 3.39. The van der Waals surface area contributed by atoms with Crippen LogP contribution in [0.4, 0.5) is 0 Å². The Kier molecular flexibility index (Phi) is 4.42. The number of aryl methyl sites for hydroxylation is 1. The summed E-state index contributed by atoms with van der Waals surface area (Å²) in [6.45, 7) is 3.98. The van der Waals surface area contributed by atoms with E-state index in [9.17, 15) is 4.79 Å². The number of hydrogen-bond acceptors (Lipinski definition) is 5. The first kappa shape index (κ1) is 16.1. The lowest BCUT2D eigenvalue weighted by atomic mass is 9.96. The highest BCUT2D eigenvalue weighted by Gasteiger charge is 2.28. The molecule has 0 bridgehead atoms. The maximum Gasteiger partial charge on any atom is 0.253 e. The van der Waals surface area contributed by atoms with E-state index in [0.29, 0.717) is 23.8 Å². The van der Waals surface area contributed by atoms with Crippen LogP contribution in [0.1, 0.15) is 53.7 Å². The van der Waals surface area contributed by atoms with Crippen molar-refractivity contribution in [3.05, 3.63) is 41.5 Å². The molecular weight excluding hydrogens is 318 g/mol. The van der Waals surface area contributed by atoms with Gasteiger partial charge in [-0.15, -0.1) is 0 Å². The molecule has 1 aromatic heterocycles. The van der Waals surface area contributed by atoms with Crippen LogP contribution in [0.5, 0.6) is 5.75 Å². The fourth-order valence-corrected chi connectivity index (χ4v) is 3.23. The number of likely N-dealkylation sites (tertiary alicyclic amines) is 1. The highest BCUT2D eigenvalue weighted by Crippen LogP contribution is 2.30. The lowest BCUT2D eigenvalue weighted by molar-refractivity contribution is 0.0703. The maximum atomic E-state index is 12.8. The van der Waals surface area contributed by atoms with Gasteiger partial charge in [0.05, 0.1) is 6.61 Å². The molecule has 0 unspecified atom stereocenters. The molecule has 1 saturated carbocycles. The largest absolute Gasteiger partial charge is 0.493 e. The van der Waals surface area contributed by atoms with E-state index in [0.717, 1.165) is 37.7 Å². The lowest BCUT2D eigenvalue weighted by Crippen LogP contribution is -2.39. The van der Waals surface area contributed by atoms with Gasteiger partial charge in [-0.1, -0.05) is 5.16 Å². The highest BCUT2D eigenvalue weighted by atomic mass is 16.5. The summed E-state index contributed by atoms with van der Waals surface area (Å²) in [5.74, 6) is 3.04. The predicted octanol–water partition coefficient (Wildman–Crippen LogP) is 3.19. The zero-order valence-electron chi connectivity index (χ0n) is 14.5. The summed E-state index contributed by atoms with van der Waals surface area (Å²) in [6.07, 6.45) is 4.47. The number of carbonyl (C=O) groups excluding carboxylic acids is 1. The van der Waals surface area contributed by atoms with Gasteiger partial charge in [-0.3, -0.25) is 4.79 Å². The van der Waals surface area contributed by atoms with Crippen LogP contribution < -0.4 is 4.74 Å². The standard InChI is InChI=1S/C19H23N3O3/c1-13-20-18(21-25-13)16-3-2-10-22(11-16)19(23)15-6-8-17(9-7-15)24-12-14-4-5-14/h6-9,14,16H,2-5,10-12H2,1H3/t16-/m0/s1. The van der Waals surface area contributed by atoms with Crippen LogP contribution in [0.2, 0.25) is 0 Å². The maximum absolute atomic E-state index is 12.8. The molecule has 2 heterocycles. The second-order valence-electron chi connectivity index (χ2n) is 7.04. The quantitative estimate of drug-likeness (QED) is 0.835. The third kappa shape index (κ3) is 3.83. The van der Waals surface area contributed by atoms with Crippen molar-refractivity contribution in [2.24, 2.45) is 5.92 Å². The Labute approximate surface area is 147 Å². The molecule has 1 aliphatic carbocycles. The molecule has 132 valence electrons. The van der Waals surface area contributed by atoms with Crippen LogP contribution >= 0.6 is 0 Å². The van der Waals surface area contributed by atoms with Gasteiger partial charge in [0.15, 0.2) is 5.82 Å². The number of benzene rings is 1. The zero-order valence-corrected chi connectivity index (χ0v) is 14.5. The van der Waals surface area contributed by atoms with Crippen molar-refractivity contribution in [1.82, 2.24) is 15.0 Å². The Balaban J connectivity index is 1.39. The van der Waals surface area contributed by atoms with Crippen molar-refractivity contribution >= 4 is 5.91 Å². The number of hydrogen-bond donors (Lipinski definition) is 0. The Hall–Kier alpha value is -2.37. The topological polar surface area (TPSA) is 68.5 Å². The third-order valence-electron chi connectivity index (χ3n) is 4.90. The molecule has 2 fully saturated rings. The summed E-state index contributed by atoms with van der Waals surface area (Å²) in [5, 5.41) is 4.02. The third-order valence-corrected chi connectivity index (χ3v) is 4.90. The van der Waals surface area contributed by atoms with Crippen molar-refractivity contribution in [2.75, 3.05) is 19.7 Å². The van der Waals surface area contributed by atoms with Crippen LogP contribution in [0.25, 0.3) is 0 Å². The van der Waals surface area contributed by atoms with Crippen LogP contribution in [0.15, 0.2) is 28.8 Å². The Morgan fingerprint density at radius 1 is 1.28 bits per heavy atom. The minimum absolute atomic E-state index is 0.0543. The highest BCUT2D eigenvalue weighted by molar-refractivity contribution is 5.94. The number of ether oxygens (including phenoxy) is 1. The first-order valence-electron chi connectivity index (χ1n) is 9.01. The first-order valence-corrected chi connectivity index (χ1v) is 9.01. The molecule has 0 N–H and O–H groups in total. The fraction of sp³-hybridized carbons (Fsp3) is 0.526. The van der Waals surface area contributed by atoms with Gasteiger partial charge in [-0.25, -0.2) is 0 Å². The molecule has 1 amide bonds. The number of rotatable bonds is 5. The summed E-state index contributed by atoms with van der Waals surface area (Å²) in [7, 11) is 0. The van der Waals surface area contributed by atoms with Gasteiger partial charge >= 0.3 is 0 Å². The molecule has 0 spiro atoms. The van der Waals surface area contributed by atoms with E-state index < -0.39 is 0 Å². The van der Waals surface area contributed by atoms with Gasteiger partial charge in [0, 0.05) is 31.5 Å². The average molecular weight is 341 g/mol. The van der Waals surface area contributed by atoms with Crippen molar-refractivity contribution in [2.45, 2.75) is 38.5 Å². The van der Waals surface area contributed by atoms with E-state index in [-0.39, 0.29) is 11.8 Å². The minimum Gasteiger partial charge on any atom is -0.493 e. The van der Waals surface area contributed by atoms with E-state index in [1.54, 1.807) is 6.92 Å². The van der Waals surface area contributed by atoms with Gasteiger partial charge < -0.3 is 14.2 Å². The lowest BCUT2D eigenvalue weighted by Gasteiger charge is -2.31. The Morgan fingerprint density at radius 2 is 2.08 bits per heavy atom. The molecule has 4 rings (SSSR count). The summed E-state index contributed by atoms with van der Waals surface area (Å²) in [6, 6.07) is 7.48. The van der Waals surface area contributed by atoms with Gasteiger partial charge in [0.2, 0.25) is 5.89 Å². The molecule has 1 atom stereocenters. The van der Waals surface area contributed by atoms with Crippen molar-refractivity contribution in [3.8, 4) is 5.75 Å². The molecule has 1 aliphatic heterocycles. The van der Waals surface area contributed by atoms with E-state index >= 15 is 0 Å². The van der Waals surface area contributed by atoms with E-state index in [1.165, 1.54) is 12.8 Å². The number of carbonyl (C=O) groups is 1. The number of aromatic nitrogens is 2. The van der Waals surface area contributed by atoms with Gasteiger partial charge in [0.1, 0.15) is 5.75 Å². The van der Waals surface area contributed by atoms with Crippen LogP contribution in [-0.4, -0.2) is 40.6 Å². The SMILES string of the molecule is Cc1nc([C@H]2CCCN(C(=O)c3ccc(OCC4CC4)cc3)C2)no1. The van der Waals surface area contributed by atoms with E-state index in [2.05, 4.69) is 10.1 Å². The second kappa shape index (κ2) is 6.86. The van der Waals surface area contributed by atoms with Gasteiger partial charge in [-0.05, 0) is 55.9 Å². The normalized spacial score (nSPS) is 20.5. The molecule has 6 nitrogen and oxygen atoms in total. The minimum atomic E-state index is 0.0543. The number of amides is 1. The van der Waals surface area contributed by atoms with E-state index in [1.807, 2.05) is 29.2 Å². The zero-order chi connectivity index (χ0) is 17.2. The smallest absolute Gasteiger partial charge is 0.253 e. The molecule has 25 heavy (non-hydrogen) atoms. The first-order chi connectivity index (χ1) is 12.2. The predicted molar refractivity (Wildman–Crippen MR) is 91.6 cm³/mol. The van der Waals surface area contributed by atoms with Crippen molar-refractivity contribution in [3.63, 3.8) is 0 Å². The molecular formula is C19H23N3O3. The number of piperidine rings is 1. The van der Waals surface area contributed by atoms with Gasteiger partial charge in [-0.2, -0.15) is 4.98 Å². The monoisotopic (exact) mass is 341 g/mol. The summed E-state index contributed by atoms with van der Waals surface area (Å²) in [4.78, 5) is 19.0. The Morgan fingerprint density at radius 3 is 2.76 bits per heavy atom.